The van der Waals surface area contributed by atoms with Gasteiger partial charge in [-0.15, -0.1) is 0 Å². The fourth-order valence-corrected chi connectivity index (χ4v) is 2.07. The molecule has 0 fully saturated rings. The number of benzene rings is 2. The van der Waals surface area contributed by atoms with Crippen LogP contribution in [0.3, 0.4) is 0 Å². The Labute approximate surface area is 128 Å². The summed E-state index contributed by atoms with van der Waals surface area (Å²) in [6.45, 7) is 0.778. The molecule has 0 aromatic heterocycles. The van der Waals surface area contributed by atoms with E-state index in [1.807, 2.05) is 18.2 Å². The molecule has 0 unspecified atom stereocenters. The molecule has 0 saturated carbocycles. The van der Waals surface area contributed by atoms with E-state index >= 15 is 0 Å². The summed E-state index contributed by atoms with van der Waals surface area (Å²) in [7, 11) is 0. The third kappa shape index (κ3) is 4.17. The third-order valence-electron chi connectivity index (χ3n) is 3.27. The van der Waals surface area contributed by atoms with Gasteiger partial charge in [-0.1, -0.05) is 30.3 Å². The van der Waals surface area contributed by atoms with Crippen LogP contribution in [0.1, 0.15) is 27.9 Å². The van der Waals surface area contributed by atoms with E-state index in [-0.39, 0.29) is 12.2 Å². The number of carbonyl (C=O) groups excluding carboxylic acids is 1. The molecule has 0 spiro atoms. The van der Waals surface area contributed by atoms with Crippen LogP contribution in [0.2, 0.25) is 0 Å². The van der Waals surface area contributed by atoms with Crippen LogP contribution >= 0.6 is 0 Å². The van der Waals surface area contributed by atoms with Gasteiger partial charge in [0, 0.05) is 29.9 Å². The normalized spacial score (nSPS) is 10.4. The van der Waals surface area contributed by atoms with Crippen molar-refractivity contribution >= 4 is 17.4 Å². The Morgan fingerprint density at radius 2 is 1.77 bits per heavy atom. The largest absolute Gasteiger partial charge is 0.481 e. The number of rotatable bonds is 7. The molecule has 0 amide bonds. The summed E-state index contributed by atoms with van der Waals surface area (Å²) in [6.07, 6.45) is 0.0442. The fraction of sp³-hybridized carbons (Fsp3) is 0.176. The van der Waals surface area contributed by atoms with E-state index in [2.05, 4.69) is 5.32 Å². The molecule has 4 N–H and O–H groups in total. The number of aliphatic carboxylic acids is 1. The summed E-state index contributed by atoms with van der Waals surface area (Å²) in [4.78, 5) is 22.9. The number of hydrogen-bond acceptors (Lipinski definition) is 4. The molecule has 114 valence electrons. The molecule has 0 saturated heterocycles. The van der Waals surface area contributed by atoms with Crippen molar-refractivity contribution in [1.29, 1.82) is 0 Å². The predicted molar refractivity (Wildman–Crippen MR) is 84.7 cm³/mol. The lowest BCUT2D eigenvalue weighted by Crippen LogP contribution is -2.18. The van der Waals surface area contributed by atoms with Crippen molar-refractivity contribution in [2.45, 2.75) is 13.0 Å². The molecule has 0 bridgehead atoms. The molecule has 2 aromatic rings. The molecule has 5 heteroatoms. The smallest absolute Gasteiger partial charge is 0.304 e. The summed E-state index contributed by atoms with van der Waals surface area (Å²) < 4.78 is 0. The molecule has 0 aliphatic rings. The highest BCUT2D eigenvalue weighted by Crippen LogP contribution is 2.17. The lowest BCUT2D eigenvalue weighted by Gasteiger charge is -2.09. The molecule has 2 rings (SSSR count). The van der Waals surface area contributed by atoms with E-state index in [0.29, 0.717) is 29.9 Å². The molecule has 5 nitrogen and oxygen atoms in total. The van der Waals surface area contributed by atoms with Crippen molar-refractivity contribution < 1.29 is 14.7 Å². The molecule has 0 heterocycles. The number of carboxylic acids is 1. The van der Waals surface area contributed by atoms with Gasteiger partial charge >= 0.3 is 5.97 Å². The van der Waals surface area contributed by atoms with Crippen LogP contribution in [-0.2, 0) is 11.3 Å². The number of nitrogen functional groups attached to an aromatic ring is 1. The van der Waals surface area contributed by atoms with E-state index in [1.54, 1.807) is 30.3 Å². The summed E-state index contributed by atoms with van der Waals surface area (Å²) in [5, 5.41) is 11.6. The lowest BCUT2D eigenvalue weighted by molar-refractivity contribution is -0.136. The number of anilines is 1. The number of hydrogen-bond donors (Lipinski definition) is 3. The number of ketones is 1. The quantitative estimate of drug-likeness (QED) is 0.413. The maximum Gasteiger partial charge on any atom is 0.304 e. The first-order valence-corrected chi connectivity index (χ1v) is 6.98. The van der Waals surface area contributed by atoms with Crippen LogP contribution in [0.15, 0.2) is 48.5 Å². The zero-order valence-electron chi connectivity index (χ0n) is 12.1. The van der Waals surface area contributed by atoms with Gasteiger partial charge in [0.05, 0.1) is 6.42 Å². The zero-order valence-corrected chi connectivity index (χ0v) is 12.1. The van der Waals surface area contributed by atoms with Gasteiger partial charge < -0.3 is 16.2 Å². The molecule has 22 heavy (non-hydrogen) atoms. The van der Waals surface area contributed by atoms with Crippen LogP contribution in [0.5, 0.6) is 0 Å². The predicted octanol–water partition coefficient (Wildman–Crippen LogP) is 2.06. The summed E-state index contributed by atoms with van der Waals surface area (Å²) in [5.74, 6) is -0.916. The van der Waals surface area contributed by atoms with Gasteiger partial charge in [-0.2, -0.15) is 0 Å². The van der Waals surface area contributed by atoms with Crippen molar-refractivity contribution in [3.05, 3.63) is 65.2 Å². The van der Waals surface area contributed by atoms with Crippen LogP contribution in [0.25, 0.3) is 0 Å². The number of carbonyl (C=O) groups is 2. The molecule has 0 aliphatic heterocycles. The van der Waals surface area contributed by atoms with Gasteiger partial charge in [-0.25, -0.2) is 0 Å². The highest BCUT2D eigenvalue weighted by molar-refractivity contribution is 6.09. The lowest BCUT2D eigenvalue weighted by atomic mass is 10.0. The summed E-state index contributed by atoms with van der Waals surface area (Å²) in [6, 6.07) is 14.2. The van der Waals surface area contributed by atoms with Gasteiger partial charge in [-0.05, 0) is 23.8 Å². The first-order chi connectivity index (χ1) is 10.6. The van der Waals surface area contributed by atoms with Gasteiger partial charge in [0.15, 0.2) is 5.78 Å². The summed E-state index contributed by atoms with van der Waals surface area (Å²) in [5.41, 5.74) is 8.45. The Hall–Kier alpha value is -2.66. The van der Waals surface area contributed by atoms with E-state index in [0.717, 1.165) is 5.56 Å². The SMILES string of the molecule is Nc1ccc(C(=O)c2ccccc2)cc1CNCCC(=O)O. The maximum absolute atomic E-state index is 12.4. The van der Waals surface area contributed by atoms with Gasteiger partial charge in [0.25, 0.3) is 0 Å². The molecule has 0 aliphatic carbocycles. The minimum absolute atomic E-state index is 0.0442. The number of nitrogens with two attached hydrogens (primary N) is 1. The Morgan fingerprint density at radius 3 is 2.45 bits per heavy atom. The van der Waals surface area contributed by atoms with Crippen LogP contribution in [0.4, 0.5) is 5.69 Å². The van der Waals surface area contributed by atoms with E-state index in [4.69, 9.17) is 10.8 Å². The zero-order chi connectivity index (χ0) is 15.9. The van der Waals surface area contributed by atoms with Crippen molar-refractivity contribution in [3.8, 4) is 0 Å². The summed E-state index contributed by atoms with van der Waals surface area (Å²) >= 11 is 0. The molecule has 0 atom stereocenters. The molecular weight excluding hydrogens is 280 g/mol. The van der Waals surface area contributed by atoms with Crippen LogP contribution in [0, 0.1) is 0 Å². The number of carboxylic acid groups (broad SMARTS) is 1. The molecule has 2 aromatic carbocycles. The maximum atomic E-state index is 12.4. The Morgan fingerprint density at radius 1 is 1.05 bits per heavy atom. The fourth-order valence-electron chi connectivity index (χ4n) is 2.07. The van der Waals surface area contributed by atoms with E-state index in [1.165, 1.54) is 0 Å². The Kier molecular flexibility index (Phi) is 5.27. The topological polar surface area (TPSA) is 92.4 Å². The van der Waals surface area contributed by atoms with Crippen molar-refractivity contribution in [3.63, 3.8) is 0 Å². The minimum Gasteiger partial charge on any atom is -0.481 e. The average molecular weight is 298 g/mol. The first kappa shape index (κ1) is 15.7. The Balaban J connectivity index is 2.09. The average Bonchev–Trinajstić information content (AvgIpc) is 2.53. The highest BCUT2D eigenvalue weighted by Gasteiger charge is 2.10. The van der Waals surface area contributed by atoms with Gasteiger partial charge in [0.1, 0.15) is 0 Å². The monoisotopic (exact) mass is 298 g/mol. The first-order valence-electron chi connectivity index (χ1n) is 6.98. The van der Waals surface area contributed by atoms with E-state index < -0.39 is 5.97 Å². The standard InChI is InChI=1S/C17H18N2O3/c18-15-7-6-13(17(22)12-4-2-1-3-5-12)10-14(15)11-19-9-8-16(20)21/h1-7,10,19H,8-9,11,18H2,(H,20,21). The molecule has 0 radical (unpaired) electrons. The number of nitrogens with one attached hydrogen (secondary N) is 1. The van der Waals surface area contributed by atoms with E-state index in [9.17, 15) is 9.59 Å². The van der Waals surface area contributed by atoms with Crippen LogP contribution in [-0.4, -0.2) is 23.4 Å². The van der Waals surface area contributed by atoms with Crippen molar-refractivity contribution in [2.75, 3.05) is 12.3 Å². The molecular formula is C17H18N2O3. The van der Waals surface area contributed by atoms with Crippen molar-refractivity contribution in [2.24, 2.45) is 0 Å². The van der Waals surface area contributed by atoms with Crippen LogP contribution < -0.4 is 11.1 Å². The highest BCUT2D eigenvalue weighted by atomic mass is 16.4. The van der Waals surface area contributed by atoms with Gasteiger partial charge in [-0.3, -0.25) is 9.59 Å². The van der Waals surface area contributed by atoms with Crippen molar-refractivity contribution in [1.82, 2.24) is 5.32 Å². The second kappa shape index (κ2) is 7.38. The third-order valence-corrected chi connectivity index (χ3v) is 3.27. The van der Waals surface area contributed by atoms with Gasteiger partial charge in [0.2, 0.25) is 0 Å². The Bertz CT molecular complexity index is 669. The second-order valence-corrected chi connectivity index (χ2v) is 4.93. The second-order valence-electron chi connectivity index (χ2n) is 4.93. The minimum atomic E-state index is -0.853.